The van der Waals surface area contributed by atoms with E-state index in [9.17, 15) is 9.59 Å². The summed E-state index contributed by atoms with van der Waals surface area (Å²) in [6.07, 6.45) is 4.50. The Labute approximate surface area is 75.2 Å². The Kier molecular flexibility index (Phi) is 2.51. The molecule has 0 saturated heterocycles. The van der Waals surface area contributed by atoms with E-state index in [1.807, 2.05) is 0 Å². The van der Waals surface area contributed by atoms with Gasteiger partial charge in [-0.15, -0.1) is 0 Å². The molecule has 0 aromatic heterocycles. The molecule has 1 aliphatic carbocycles. The maximum atomic E-state index is 10.7. The van der Waals surface area contributed by atoms with Crippen LogP contribution in [0.25, 0.3) is 0 Å². The van der Waals surface area contributed by atoms with Crippen LogP contribution in [0.1, 0.15) is 6.92 Å². The van der Waals surface area contributed by atoms with Gasteiger partial charge >= 0.3 is 11.9 Å². The van der Waals surface area contributed by atoms with E-state index in [2.05, 4.69) is 0 Å². The topological polar surface area (TPSA) is 74.6 Å². The molecule has 0 aromatic carbocycles. The smallest absolute Gasteiger partial charge is 0.311 e. The number of carbonyl (C=O) groups is 2. The van der Waals surface area contributed by atoms with E-state index in [4.69, 9.17) is 10.2 Å². The molecule has 0 radical (unpaired) electrons. The summed E-state index contributed by atoms with van der Waals surface area (Å²) in [4.78, 5) is 21.3. The first-order valence-corrected chi connectivity index (χ1v) is 3.84. The average Bonchev–Trinajstić information content (AvgIpc) is 2.03. The van der Waals surface area contributed by atoms with E-state index >= 15 is 0 Å². The highest BCUT2D eigenvalue weighted by Gasteiger charge is 2.31. The molecule has 0 bridgehead atoms. The summed E-state index contributed by atoms with van der Waals surface area (Å²) < 4.78 is 0. The summed E-state index contributed by atoms with van der Waals surface area (Å²) in [5.74, 6) is -4.09. The Hall–Kier alpha value is -1.58. The van der Waals surface area contributed by atoms with E-state index in [1.54, 1.807) is 13.0 Å². The van der Waals surface area contributed by atoms with Crippen LogP contribution in [-0.2, 0) is 9.59 Å². The minimum Gasteiger partial charge on any atom is -0.481 e. The molecule has 2 atom stereocenters. The van der Waals surface area contributed by atoms with Gasteiger partial charge in [0.25, 0.3) is 0 Å². The standard InChI is InChI=1S/C9H10O4/c1-5-2-3-6(8(10)11)7(4-5)9(12)13/h2-4,6-7H,1H3,(H,10,11)(H,12,13)/t6-,7+/m1/s1. The highest BCUT2D eigenvalue weighted by Crippen LogP contribution is 2.23. The Morgan fingerprint density at radius 3 is 2.23 bits per heavy atom. The lowest BCUT2D eigenvalue weighted by Crippen LogP contribution is -2.28. The minimum absolute atomic E-state index is 0.782. The maximum Gasteiger partial charge on any atom is 0.311 e. The van der Waals surface area contributed by atoms with Crippen molar-refractivity contribution in [3.8, 4) is 0 Å². The quantitative estimate of drug-likeness (QED) is 0.665. The van der Waals surface area contributed by atoms with Gasteiger partial charge in [0.05, 0.1) is 11.8 Å². The predicted octanol–water partition coefficient (Wildman–Crippen LogP) is 0.904. The second-order valence-electron chi connectivity index (χ2n) is 3.00. The van der Waals surface area contributed by atoms with Gasteiger partial charge in [0.15, 0.2) is 0 Å². The third-order valence-electron chi connectivity index (χ3n) is 1.97. The maximum absolute atomic E-state index is 10.7. The van der Waals surface area contributed by atoms with Gasteiger partial charge in [-0.1, -0.05) is 23.8 Å². The van der Waals surface area contributed by atoms with Crippen LogP contribution in [0, 0.1) is 11.8 Å². The van der Waals surface area contributed by atoms with Crippen LogP contribution in [0.5, 0.6) is 0 Å². The van der Waals surface area contributed by atoms with Crippen LogP contribution >= 0.6 is 0 Å². The lowest BCUT2D eigenvalue weighted by Gasteiger charge is -2.17. The molecular weight excluding hydrogens is 172 g/mol. The molecule has 0 aromatic rings. The van der Waals surface area contributed by atoms with Crippen molar-refractivity contribution in [3.63, 3.8) is 0 Å². The molecular formula is C9H10O4. The monoisotopic (exact) mass is 182 g/mol. The Morgan fingerprint density at radius 1 is 1.23 bits per heavy atom. The Morgan fingerprint density at radius 2 is 1.77 bits per heavy atom. The van der Waals surface area contributed by atoms with Gasteiger partial charge in [-0.05, 0) is 6.92 Å². The van der Waals surface area contributed by atoms with Crippen LogP contribution in [0.4, 0.5) is 0 Å². The largest absolute Gasteiger partial charge is 0.481 e. The van der Waals surface area contributed by atoms with Crippen molar-refractivity contribution >= 4 is 11.9 Å². The first kappa shape index (κ1) is 9.51. The van der Waals surface area contributed by atoms with Crippen LogP contribution in [0.3, 0.4) is 0 Å². The summed E-state index contributed by atoms with van der Waals surface area (Å²) >= 11 is 0. The summed E-state index contributed by atoms with van der Waals surface area (Å²) in [5.41, 5.74) is 0.782. The van der Waals surface area contributed by atoms with Crippen molar-refractivity contribution < 1.29 is 19.8 Å². The van der Waals surface area contributed by atoms with Gasteiger partial charge in [0.2, 0.25) is 0 Å². The zero-order chi connectivity index (χ0) is 10.0. The number of allylic oxidation sites excluding steroid dienone is 2. The lowest BCUT2D eigenvalue weighted by molar-refractivity contribution is -0.149. The minimum atomic E-state index is -1.10. The van der Waals surface area contributed by atoms with Crippen molar-refractivity contribution in [2.75, 3.05) is 0 Å². The van der Waals surface area contributed by atoms with Crippen LogP contribution in [-0.4, -0.2) is 22.2 Å². The van der Waals surface area contributed by atoms with Crippen molar-refractivity contribution in [1.82, 2.24) is 0 Å². The summed E-state index contributed by atoms with van der Waals surface area (Å²) in [6.45, 7) is 1.74. The normalized spacial score (nSPS) is 26.7. The third-order valence-corrected chi connectivity index (χ3v) is 1.97. The molecule has 0 saturated carbocycles. The van der Waals surface area contributed by atoms with E-state index in [0.717, 1.165) is 5.57 Å². The average molecular weight is 182 g/mol. The second-order valence-corrected chi connectivity index (χ2v) is 3.00. The molecule has 0 spiro atoms. The zero-order valence-corrected chi connectivity index (χ0v) is 7.10. The highest BCUT2D eigenvalue weighted by molar-refractivity contribution is 5.83. The molecule has 4 heteroatoms. The molecule has 0 amide bonds. The fourth-order valence-electron chi connectivity index (χ4n) is 1.28. The van der Waals surface area contributed by atoms with Crippen LogP contribution < -0.4 is 0 Å². The Bertz CT molecular complexity index is 301. The van der Waals surface area contributed by atoms with Crippen molar-refractivity contribution in [2.45, 2.75) is 6.92 Å². The van der Waals surface area contributed by atoms with E-state index in [0.29, 0.717) is 0 Å². The molecule has 2 N–H and O–H groups in total. The third kappa shape index (κ3) is 1.96. The van der Waals surface area contributed by atoms with Crippen molar-refractivity contribution in [1.29, 1.82) is 0 Å². The number of carboxylic acid groups (broad SMARTS) is 2. The number of hydrogen-bond acceptors (Lipinski definition) is 2. The highest BCUT2D eigenvalue weighted by atomic mass is 16.4. The van der Waals surface area contributed by atoms with Gasteiger partial charge in [-0.2, -0.15) is 0 Å². The summed E-state index contributed by atoms with van der Waals surface area (Å²) in [7, 11) is 0. The number of aliphatic carboxylic acids is 2. The van der Waals surface area contributed by atoms with E-state index in [-0.39, 0.29) is 0 Å². The molecule has 0 fully saturated rings. The fourth-order valence-corrected chi connectivity index (χ4v) is 1.28. The SMILES string of the molecule is CC1=C[C@H](C(=O)O)[C@H](C(=O)O)C=C1. The Balaban J connectivity index is 2.94. The summed E-state index contributed by atoms with van der Waals surface area (Å²) in [5, 5.41) is 17.4. The molecule has 1 rings (SSSR count). The van der Waals surface area contributed by atoms with E-state index in [1.165, 1.54) is 12.2 Å². The predicted molar refractivity (Wildman–Crippen MR) is 45.1 cm³/mol. The fraction of sp³-hybridized carbons (Fsp3) is 0.333. The molecule has 0 aliphatic heterocycles. The van der Waals surface area contributed by atoms with Gasteiger partial charge in [0.1, 0.15) is 0 Å². The number of hydrogen-bond donors (Lipinski definition) is 2. The number of carboxylic acids is 2. The van der Waals surface area contributed by atoms with E-state index < -0.39 is 23.8 Å². The molecule has 13 heavy (non-hydrogen) atoms. The van der Waals surface area contributed by atoms with Crippen LogP contribution in [0.2, 0.25) is 0 Å². The van der Waals surface area contributed by atoms with Crippen molar-refractivity contribution in [3.05, 3.63) is 23.8 Å². The molecule has 0 heterocycles. The first-order chi connectivity index (χ1) is 6.02. The van der Waals surface area contributed by atoms with Gasteiger partial charge < -0.3 is 10.2 Å². The molecule has 0 unspecified atom stereocenters. The summed E-state index contributed by atoms with van der Waals surface area (Å²) in [6, 6.07) is 0. The molecule has 70 valence electrons. The molecule has 4 nitrogen and oxygen atoms in total. The first-order valence-electron chi connectivity index (χ1n) is 3.84. The van der Waals surface area contributed by atoms with Gasteiger partial charge in [0, 0.05) is 0 Å². The second kappa shape index (κ2) is 3.43. The number of rotatable bonds is 2. The van der Waals surface area contributed by atoms with Crippen LogP contribution in [0.15, 0.2) is 23.8 Å². The van der Waals surface area contributed by atoms with Gasteiger partial charge in [-0.25, -0.2) is 0 Å². The van der Waals surface area contributed by atoms with Gasteiger partial charge in [-0.3, -0.25) is 9.59 Å². The molecule has 1 aliphatic rings. The van der Waals surface area contributed by atoms with Crippen molar-refractivity contribution in [2.24, 2.45) is 11.8 Å². The zero-order valence-electron chi connectivity index (χ0n) is 7.10. The lowest BCUT2D eigenvalue weighted by atomic mass is 9.86.